The minimum atomic E-state index is -0.0376. The molecule has 2 saturated heterocycles. The molecule has 144 valence electrons. The molecular weight excluding hydrogens is 348 g/mol. The monoisotopic (exact) mass is 374 g/mol. The molecule has 2 aliphatic rings. The first kappa shape index (κ1) is 17.4. The van der Waals surface area contributed by atoms with Crippen LogP contribution in [0, 0.1) is 6.92 Å². The predicted octanol–water partition coefficient (Wildman–Crippen LogP) is 3.28. The summed E-state index contributed by atoms with van der Waals surface area (Å²) in [6.07, 6.45) is 7.13. The van der Waals surface area contributed by atoms with Crippen molar-refractivity contribution in [2.75, 3.05) is 13.1 Å². The molecule has 1 N–H and O–H groups in total. The Morgan fingerprint density at radius 1 is 1.18 bits per heavy atom. The number of aromatic nitrogens is 2. The SMILES string of the molecule is Cc1ccn2cc(CN3CCC4(CC3)C[C@H](c3ccccc3)C(=O)N4)nc2c1. The molecule has 2 fully saturated rings. The Kier molecular flexibility index (Phi) is 4.20. The highest BCUT2D eigenvalue weighted by molar-refractivity contribution is 5.87. The summed E-state index contributed by atoms with van der Waals surface area (Å²) < 4.78 is 2.09. The van der Waals surface area contributed by atoms with E-state index < -0.39 is 0 Å². The summed E-state index contributed by atoms with van der Waals surface area (Å²) in [7, 11) is 0. The van der Waals surface area contributed by atoms with E-state index >= 15 is 0 Å². The first-order chi connectivity index (χ1) is 13.6. The molecule has 1 spiro atoms. The maximum Gasteiger partial charge on any atom is 0.228 e. The number of imidazole rings is 1. The molecule has 28 heavy (non-hydrogen) atoms. The zero-order chi connectivity index (χ0) is 19.1. The number of nitrogens with zero attached hydrogens (tertiary/aromatic N) is 3. The zero-order valence-corrected chi connectivity index (χ0v) is 16.3. The summed E-state index contributed by atoms with van der Waals surface area (Å²) in [5.41, 5.74) is 4.45. The fourth-order valence-corrected chi connectivity index (χ4v) is 4.75. The van der Waals surface area contributed by atoms with Gasteiger partial charge in [-0.25, -0.2) is 4.98 Å². The Morgan fingerprint density at radius 3 is 2.75 bits per heavy atom. The third-order valence-corrected chi connectivity index (χ3v) is 6.37. The smallest absolute Gasteiger partial charge is 0.228 e. The molecule has 0 aliphatic carbocycles. The van der Waals surface area contributed by atoms with Crippen LogP contribution in [0.25, 0.3) is 5.65 Å². The Balaban J connectivity index is 1.24. The van der Waals surface area contributed by atoms with Gasteiger partial charge in [0.1, 0.15) is 5.65 Å². The quantitative estimate of drug-likeness (QED) is 0.765. The van der Waals surface area contributed by atoms with E-state index in [0.717, 1.165) is 55.8 Å². The number of amides is 1. The highest BCUT2D eigenvalue weighted by atomic mass is 16.2. The van der Waals surface area contributed by atoms with E-state index in [2.05, 4.69) is 58.2 Å². The summed E-state index contributed by atoms with van der Waals surface area (Å²) >= 11 is 0. The van der Waals surface area contributed by atoms with Crippen molar-refractivity contribution in [1.29, 1.82) is 0 Å². The van der Waals surface area contributed by atoms with E-state index in [0.29, 0.717) is 0 Å². The molecule has 0 saturated carbocycles. The van der Waals surface area contributed by atoms with Gasteiger partial charge in [-0.2, -0.15) is 0 Å². The number of rotatable bonds is 3. The number of nitrogens with one attached hydrogen (secondary N) is 1. The third-order valence-electron chi connectivity index (χ3n) is 6.37. The van der Waals surface area contributed by atoms with E-state index in [9.17, 15) is 4.79 Å². The topological polar surface area (TPSA) is 49.6 Å². The van der Waals surface area contributed by atoms with Gasteiger partial charge in [-0.05, 0) is 49.4 Å². The van der Waals surface area contributed by atoms with Gasteiger partial charge in [-0.15, -0.1) is 0 Å². The van der Waals surface area contributed by atoms with Gasteiger partial charge in [0.15, 0.2) is 0 Å². The van der Waals surface area contributed by atoms with Crippen LogP contribution in [-0.2, 0) is 11.3 Å². The first-order valence-corrected chi connectivity index (χ1v) is 10.1. The van der Waals surface area contributed by atoms with Crippen LogP contribution in [-0.4, -0.2) is 38.8 Å². The molecule has 2 aliphatic heterocycles. The number of hydrogen-bond acceptors (Lipinski definition) is 3. The molecule has 0 bridgehead atoms. The fraction of sp³-hybridized carbons (Fsp3) is 0.391. The minimum absolute atomic E-state index is 0.00516. The summed E-state index contributed by atoms with van der Waals surface area (Å²) in [5.74, 6) is 0.185. The molecule has 2 aromatic heterocycles. The lowest BCUT2D eigenvalue weighted by Gasteiger charge is -2.39. The number of benzene rings is 1. The Labute approximate surface area is 165 Å². The number of pyridine rings is 1. The van der Waals surface area contributed by atoms with Crippen molar-refractivity contribution in [3.05, 3.63) is 71.7 Å². The second kappa shape index (κ2) is 6.74. The van der Waals surface area contributed by atoms with Crippen molar-refractivity contribution < 1.29 is 4.79 Å². The van der Waals surface area contributed by atoms with Crippen LogP contribution in [0.15, 0.2) is 54.9 Å². The largest absolute Gasteiger partial charge is 0.350 e. The van der Waals surface area contributed by atoms with Gasteiger partial charge in [0.25, 0.3) is 0 Å². The van der Waals surface area contributed by atoms with Gasteiger partial charge >= 0.3 is 0 Å². The molecule has 5 heteroatoms. The van der Waals surface area contributed by atoms with Gasteiger partial charge in [0.05, 0.1) is 11.6 Å². The average Bonchev–Trinajstić information content (AvgIpc) is 3.24. The Bertz CT molecular complexity index is 1000. The van der Waals surface area contributed by atoms with E-state index in [1.165, 1.54) is 5.56 Å². The van der Waals surface area contributed by atoms with Crippen LogP contribution < -0.4 is 5.32 Å². The van der Waals surface area contributed by atoms with Crippen molar-refractivity contribution in [3.8, 4) is 0 Å². The highest BCUT2D eigenvalue weighted by Crippen LogP contribution is 2.39. The molecule has 5 nitrogen and oxygen atoms in total. The van der Waals surface area contributed by atoms with E-state index in [1.54, 1.807) is 0 Å². The number of likely N-dealkylation sites (tertiary alicyclic amines) is 1. The summed E-state index contributed by atoms with van der Waals surface area (Å²) in [6, 6.07) is 14.4. The summed E-state index contributed by atoms with van der Waals surface area (Å²) in [5, 5.41) is 3.34. The molecule has 1 amide bonds. The molecule has 1 aromatic carbocycles. The van der Waals surface area contributed by atoms with E-state index in [1.807, 2.05) is 18.2 Å². The lowest BCUT2D eigenvalue weighted by atomic mass is 9.82. The second-order valence-electron chi connectivity index (χ2n) is 8.41. The molecule has 0 radical (unpaired) electrons. The van der Waals surface area contributed by atoms with Gasteiger partial charge < -0.3 is 9.72 Å². The van der Waals surface area contributed by atoms with Gasteiger partial charge in [-0.3, -0.25) is 9.69 Å². The van der Waals surface area contributed by atoms with Crippen LogP contribution in [0.4, 0.5) is 0 Å². The maximum absolute atomic E-state index is 12.6. The second-order valence-corrected chi connectivity index (χ2v) is 8.41. The first-order valence-electron chi connectivity index (χ1n) is 10.1. The van der Waals surface area contributed by atoms with Gasteiger partial charge in [0, 0.05) is 37.6 Å². The molecule has 1 atom stereocenters. The normalized spacial score (nSPS) is 22.0. The van der Waals surface area contributed by atoms with Crippen molar-refractivity contribution >= 4 is 11.6 Å². The minimum Gasteiger partial charge on any atom is -0.350 e. The lowest BCUT2D eigenvalue weighted by Crippen LogP contribution is -2.50. The zero-order valence-electron chi connectivity index (χ0n) is 16.3. The average molecular weight is 374 g/mol. The fourth-order valence-electron chi connectivity index (χ4n) is 4.75. The molecular formula is C23H26N4O. The summed E-state index contributed by atoms with van der Waals surface area (Å²) in [4.78, 5) is 19.8. The molecule has 5 rings (SSSR count). The maximum atomic E-state index is 12.6. The van der Waals surface area contributed by atoms with Crippen LogP contribution in [0.1, 0.15) is 42.0 Å². The van der Waals surface area contributed by atoms with Crippen molar-refractivity contribution in [3.63, 3.8) is 0 Å². The molecule has 0 unspecified atom stereocenters. The van der Waals surface area contributed by atoms with Crippen LogP contribution in [0.5, 0.6) is 0 Å². The van der Waals surface area contributed by atoms with Crippen molar-refractivity contribution in [2.24, 2.45) is 0 Å². The number of fused-ring (bicyclic) bond motifs is 1. The highest BCUT2D eigenvalue weighted by Gasteiger charge is 2.46. The number of piperidine rings is 1. The Hall–Kier alpha value is -2.66. The Morgan fingerprint density at radius 2 is 1.96 bits per heavy atom. The van der Waals surface area contributed by atoms with Crippen molar-refractivity contribution in [2.45, 2.75) is 44.2 Å². The summed E-state index contributed by atoms with van der Waals surface area (Å²) in [6.45, 7) is 4.95. The standard InChI is InChI=1S/C23H26N4O/c1-17-7-10-27-16-19(24-21(27)13-17)15-26-11-8-23(9-12-26)14-20(22(28)25-23)18-5-3-2-4-6-18/h2-7,10,13,16,20H,8-9,11-12,14-15H2,1H3,(H,25,28)/t20-/m1/s1. The number of carbonyl (C=O) groups is 1. The number of aryl methyl sites for hydroxylation is 1. The predicted molar refractivity (Wildman–Crippen MR) is 109 cm³/mol. The van der Waals surface area contributed by atoms with Gasteiger partial charge in [-0.1, -0.05) is 30.3 Å². The lowest BCUT2D eigenvalue weighted by molar-refractivity contribution is -0.121. The van der Waals surface area contributed by atoms with Crippen molar-refractivity contribution in [1.82, 2.24) is 19.6 Å². The van der Waals surface area contributed by atoms with E-state index in [4.69, 9.17) is 4.98 Å². The van der Waals surface area contributed by atoms with Crippen LogP contribution >= 0.6 is 0 Å². The third kappa shape index (κ3) is 3.20. The van der Waals surface area contributed by atoms with Crippen LogP contribution in [0.3, 0.4) is 0 Å². The van der Waals surface area contributed by atoms with E-state index in [-0.39, 0.29) is 17.4 Å². The van der Waals surface area contributed by atoms with Crippen LogP contribution in [0.2, 0.25) is 0 Å². The number of hydrogen-bond donors (Lipinski definition) is 1. The number of carbonyl (C=O) groups excluding carboxylic acids is 1. The molecule has 4 heterocycles. The molecule has 3 aromatic rings. The van der Waals surface area contributed by atoms with Gasteiger partial charge in [0.2, 0.25) is 5.91 Å².